The first-order chi connectivity index (χ1) is 17.7. The van der Waals surface area contributed by atoms with E-state index in [9.17, 15) is 9.59 Å². The van der Waals surface area contributed by atoms with Crippen LogP contribution in [-0.4, -0.2) is 48.1 Å². The van der Waals surface area contributed by atoms with E-state index in [2.05, 4.69) is 52.7 Å². The quantitative estimate of drug-likeness (QED) is 0.446. The second-order valence-corrected chi connectivity index (χ2v) is 11.1. The summed E-state index contributed by atoms with van der Waals surface area (Å²) in [5, 5.41) is 6.98. The van der Waals surface area contributed by atoms with Crippen LogP contribution in [0.5, 0.6) is 0 Å². The molecular weight excluding hydrogens is 492 g/mol. The number of nitrogens with zero attached hydrogens (tertiary/aromatic N) is 3. The highest BCUT2D eigenvalue weighted by atomic mass is 35.5. The molecule has 0 radical (unpaired) electrons. The number of ether oxygens (including phenoxy) is 1. The number of aromatic nitrogens is 2. The average Bonchev–Trinajstić information content (AvgIpc) is 3.45. The fourth-order valence-electron chi connectivity index (χ4n) is 5.88. The fraction of sp³-hybridized carbons (Fsp3) is 0.481. The van der Waals surface area contributed by atoms with Crippen LogP contribution >= 0.6 is 11.6 Å². The number of methoxy groups -OCH3 is 1. The summed E-state index contributed by atoms with van der Waals surface area (Å²) in [5.41, 5.74) is 8.28. The largest absolute Gasteiger partial charge is 0.383 e. The monoisotopic (exact) mass is 524 g/mol. The van der Waals surface area contributed by atoms with Crippen LogP contribution in [0.25, 0.3) is 0 Å². The van der Waals surface area contributed by atoms with Gasteiger partial charge in [0.1, 0.15) is 5.02 Å². The van der Waals surface area contributed by atoms with Crippen molar-refractivity contribution in [3.8, 4) is 0 Å². The van der Waals surface area contributed by atoms with Gasteiger partial charge in [-0.15, -0.1) is 0 Å². The van der Waals surface area contributed by atoms with E-state index in [1.165, 1.54) is 6.20 Å². The van der Waals surface area contributed by atoms with Gasteiger partial charge in [0.2, 0.25) is 17.8 Å². The maximum absolute atomic E-state index is 13.0. The highest BCUT2D eigenvalue weighted by Gasteiger charge is 2.47. The van der Waals surface area contributed by atoms with Crippen LogP contribution in [0.2, 0.25) is 5.02 Å². The fourth-order valence-corrected chi connectivity index (χ4v) is 6.02. The second kappa shape index (κ2) is 9.95. The standard InChI is InChI=1S/C27H33ClN6O3/c1-27(2)9-8-21(35)34(10-11-37-3)20-13-17(6-7-18(20)27)31-26-30-14-19(28)25(33-26)32-23-16-5-4-15(12-16)22(23)24(29)36/h4-7,13-16,22-23H,8-12H2,1-3H3,(H2,29,36)(H2,30,31,32,33)/t15-,16+,22+,23-/m1/s1. The zero-order valence-electron chi connectivity index (χ0n) is 21.3. The third-order valence-electron chi connectivity index (χ3n) is 7.89. The third-order valence-corrected chi connectivity index (χ3v) is 8.17. The van der Waals surface area contributed by atoms with Crippen LogP contribution in [-0.2, 0) is 19.7 Å². The lowest BCUT2D eigenvalue weighted by molar-refractivity contribution is -0.122. The number of primary amides is 1. The highest BCUT2D eigenvalue weighted by Crippen LogP contribution is 2.45. The first-order valence-electron chi connectivity index (χ1n) is 12.7. The van der Waals surface area contributed by atoms with E-state index in [0.717, 1.165) is 29.8 Å². The molecule has 3 aliphatic rings. The molecule has 1 aliphatic heterocycles. The molecule has 4 N–H and O–H groups in total. The first kappa shape index (κ1) is 25.5. The van der Waals surface area contributed by atoms with Crippen molar-refractivity contribution < 1.29 is 14.3 Å². The maximum Gasteiger partial charge on any atom is 0.229 e. The molecule has 2 aromatic rings. The SMILES string of the molecule is COCCN1C(=O)CCC(C)(C)c2ccc(Nc3ncc(Cl)c(N[C@H]4[C@@H](C(N)=O)[C@@H]5C=C[C@H]4C5)n3)cc21. The molecule has 1 saturated carbocycles. The summed E-state index contributed by atoms with van der Waals surface area (Å²) in [6.07, 6.45) is 7.88. The number of fused-ring (bicyclic) bond motifs is 3. The lowest BCUT2D eigenvalue weighted by Gasteiger charge is -2.28. The minimum Gasteiger partial charge on any atom is -0.383 e. The number of anilines is 4. The molecule has 0 unspecified atom stereocenters. The lowest BCUT2D eigenvalue weighted by atomic mass is 9.80. The molecule has 2 bridgehead atoms. The van der Waals surface area contributed by atoms with Gasteiger partial charge in [-0.3, -0.25) is 9.59 Å². The van der Waals surface area contributed by atoms with Gasteiger partial charge in [0.25, 0.3) is 0 Å². The van der Waals surface area contributed by atoms with E-state index in [1.54, 1.807) is 12.0 Å². The van der Waals surface area contributed by atoms with Crippen molar-refractivity contribution >= 4 is 46.6 Å². The summed E-state index contributed by atoms with van der Waals surface area (Å²) in [4.78, 5) is 35.9. The Labute approximate surface area is 221 Å². The van der Waals surface area contributed by atoms with E-state index in [-0.39, 0.29) is 41.0 Å². The summed E-state index contributed by atoms with van der Waals surface area (Å²) >= 11 is 6.43. The Hall–Kier alpha value is -3.17. The number of benzene rings is 1. The Morgan fingerprint density at radius 3 is 2.84 bits per heavy atom. The van der Waals surface area contributed by atoms with Crippen molar-refractivity contribution in [2.45, 2.75) is 44.6 Å². The Kier molecular flexibility index (Phi) is 6.85. The van der Waals surface area contributed by atoms with Crippen LogP contribution < -0.4 is 21.3 Å². The van der Waals surface area contributed by atoms with Crippen molar-refractivity contribution in [1.29, 1.82) is 0 Å². The summed E-state index contributed by atoms with van der Waals surface area (Å²) in [6, 6.07) is 5.83. The van der Waals surface area contributed by atoms with E-state index in [1.807, 2.05) is 12.1 Å². The molecule has 196 valence electrons. The summed E-state index contributed by atoms with van der Waals surface area (Å²) in [6.45, 7) is 5.25. The van der Waals surface area contributed by atoms with Crippen LogP contribution in [0.4, 0.5) is 23.1 Å². The molecular formula is C27H33ClN6O3. The van der Waals surface area contributed by atoms with Crippen LogP contribution in [0.3, 0.4) is 0 Å². The molecule has 4 atom stereocenters. The lowest BCUT2D eigenvalue weighted by Crippen LogP contribution is -2.41. The number of hydrogen-bond donors (Lipinski definition) is 3. The molecule has 9 nitrogen and oxygen atoms in total. The van der Waals surface area contributed by atoms with Gasteiger partial charge in [-0.1, -0.05) is 43.7 Å². The van der Waals surface area contributed by atoms with Gasteiger partial charge in [-0.25, -0.2) is 4.98 Å². The van der Waals surface area contributed by atoms with Crippen LogP contribution in [0, 0.1) is 17.8 Å². The van der Waals surface area contributed by atoms with Crippen LogP contribution in [0.1, 0.15) is 38.7 Å². The number of halogens is 1. The van der Waals surface area contributed by atoms with Gasteiger partial charge < -0.3 is 26.0 Å². The Morgan fingerprint density at radius 1 is 1.30 bits per heavy atom. The van der Waals surface area contributed by atoms with Gasteiger partial charge in [0.15, 0.2) is 5.82 Å². The van der Waals surface area contributed by atoms with Gasteiger partial charge in [0, 0.05) is 37.5 Å². The molecule has 2 amide bonds. The Balaban J connectivity index is 1.42. The molecule has 2 heterocycles. The minimum absolute atomic E-state index is 0.0826. The maximum atomic E-state index is 13.0. The number of rotatable bonds is 8. The molecule has 5 rings (SSSR count). The van der Waals surface area contributed by atoms with Gasteiger partial charge in [-0.05, 0) is 47.8 Å². The predicted molar refractivity (Wildman–Crippen MR) is 144 cm³/mol. The topological polar surface area (TPSA) is 122 Å². The Bertz CT molecular complexity index is 1250. The zero-order valence-corrected chi connectivity index (χ0v) is 22.1. The molecule has 37 heavy (non-hydrogen) atoms. The van der Waals surface area contributed by atoms with E-state index in [4.69, 9.17) is 22.1 Å². The number of nitrogens with one attached hydrogen (secondary N) is 2. The molecule has 0 saturated heterocycles. The average molecular weight is 525 g/mol. The van der Waals surface area contributed by atoms with E-state index >= 15 is 0 Å². The summed E-state index contributed by atoms with van der Waals surface area (Å²) in [7, 11) is 1.63. The molecule has 10 heteroatoms. The molecule has 1 fully saturated rings. The van der Waals surface area contributed by atoms with Gasteiger partial charge in [0.05, 0.1) is 18.7 Å². The van der Waals surface area contributed by atoms with E-state index in [0.29, 0.717) is 36.4 Å². The van der Waals surface area contributed by atoms with Crippen molar-refractivity contribution in [1.82, 2.24) is 9.97 Å². The van der Waals surface area contributed by atoms with Gasteiger partial charge in [-0.2, -0.15) is 4.98 Å². The van der Waals surface area contributed by atoms with E-state index < -0.39 is 0 Å². The van der Waals surface area contributed by atoms with Crippen molar-refractivity contribution in [2.24, 2.45) is 23.5 Å². The molecule has 2 aliphatic carbocycles. The summed E-state index contributed by atoms with van der Waals surface area (Å²) < 4.78 is 5.26. The highest BCUT2D eigenvalue weighted by molar-refractivity contribution is 6.32. The summed E-state index contributed by atoms with van der Waals surface area (Å²) in [5.74, 6) is 0.603. The zero-order chi connectivity index (χ0) is 26.3. The number of amides is 2. The number of carbonyl (C=O) groups excluding carboxylic acids is 2. The molecule has 1 aromatic heterocycles. The number of nitrogens with two attached hydrogens (primary N) is 1. The predicted octanol–water partition coefficient (Wildman–Crippen LogP) is 4.01. The molecule has 1 aromatic carbocycles. The number of carbonyl (C=O) groups is 2. The van der Waals surface area contributed by atoms with Crippen molar-refractivity contribution in [2.75, 3.05) is 35.8 Å². The number of allylic oxidation sites excluding steroid dienone is 1. The normalized spacial score (nSPS) is 25.6. The minimum atomic E-state index is -0.321. The molecule has 0 spiro atoms. The third kappa shape index (κ3) is 4.90. The van der Waals surface area contributed by atoms with Crippen molar-refractivity contribution in [3.63, 3.8) is 0 Å². The second-order valence-electron chi connectivity index (χ2n) is 10.7. The van der Waals surface area contributed by atoms with Gasteiger partial charge >= 0.3 is 0 Å². The smallest absolute Gasteiger partial charge is 0.229 e. The number of hydrogen-bond acceptors (Lipinski definition) is 7. The first-order valence-corrected chi connectivity index (χ1v) is 13.0. The Morgan fingerprint density at radius 2 is 2.08 bits per heavy atom. The van der Waals surface area contributed by atoms with Crippen molar-refractivity contribution in [3.05, 3.63) is 47.1 Å². The van der Waals surface area contributed by atoms with Crippen LogP contribution in [0.15, 0.2) is 36.5 Å².